The normalized spacial score (nSPS) is 30.9. The largest absolute Gasteiger partial charge is 0.392 e. The van der Waals surface area contributed by atoms with Crippen LogP contribution in [0.1, 0.15) is 13.8 Å². The Labute approximate surface area is 61.6 Å². The Hall–Kier alpha value is -0.120. The third-order valence-corrected chi connectivity index (χ3v) is 1.58. The summed E-state index contributed by atoms with van der Waals surface area (Å²) in [7, 11) is 0. The van der Waals surface area contributed by atoms with Crippen LogP contribution in [0.4, 0.5) is 0 Å². The molecular weight excluding hydrogens is 130 g/mol. The van der Waals surface area contributed by atoms with Crippen molar-refractivity contribution >= 4 is 0 Å². The molecule has 1 rings (SSSR count). The highest BCUT2D eigenvalue weighted by atomic mass is 16.5. The summed E-state index contributed by atoms with van der Waals surface area (Å²) in [5.74, 6) is 0. The average molecular weight is 145 g/mol. The fourth-order valence-electron chi connectivity index (χ4n) is 1.20. The Bertz CT molecular complexity index is 106. The predicted molar refractivity (Wildman–Crippen MR) is 38.7 cm³/mol. The van der Waals surface area contributed by atoms with Crippen molar-refractivity contribution in [3.63, 3.8) is 0 Å². The molecule has 0 saturated carbocycles. The molecule has 1 N–H and O–H groups in total. The van der Waals surface area contributed by atoms with Crippen molar-refractivity contribution in [3.05, 3.63) is 0 Å². The van der Waals surface area contributed by atoms with Crippen molar-refractivity contribution in [1.29, 1.82) is 0 Å². The minimum atomic E-state index is -0.242. The molecule has 3 nitrogen and oxygen atoms in total. The van der Waals surface area contributed by atoms with Crippen LogP contribution in [0.25, 0.3) is 0 Å². The number of nitrogens with zero attached hydrogens (tertiary/aromatic N) is 1. The number of hydrogen-bond acceptors (Lipinski definition) is 3. The smallest absolute Gasteiger partial charge is 0.0996 e. The van der Waals surface area contributed by atoms with Gasteiger partial charge in [0.2, 0.25) is 0 Å². The lowest BCUT2D eigenvalue weighted by atomic mass is 10.3. The number of aliphatic hydroxyl groups is 1. The summed E-state index contributed by atoms with van der Waals surface area (Å²) in [6.07, 6.45) is 0.0904. The minimum Gasteiger partial charge on any atom is -0.392 e. The maximum absolute atomic E-state index is 9.00. The Morgan fingerprint density at radius 2 is 2.50 bits per heavy atom. The number of rotatable bonds is 2. The van der Waals surface area contributed by atoms with Gasteiger partial charge in [0.05, 0.1) is 18.9 Å². The molecule has 0 bridgehead atoms. The molecule has 0 amide bonds. The van der Waals surface area contributed by atoms with E-state index in [1.54, 1.807) is 6.92 Å². The lowest BCUT2D eigenvalue weighted by Crippen LogP contribution is -2.29. The summed E-state index contributed by atoms with van der Waals surface area (Å²) in [6.45, 7) is 6.19. The highest BCUT2D eigenvalue weighted by molar-refractivity contribution is 4.67. The Balaban J connectivity index is 2.18. The Morgan fingerprint density at radius 1 is 1.80 bits per heavy atom. The van der Waals surface area contributed by atoms with Crippen molar-refractivity contribution in [2.24, 2.45) is 0 Å². The highest BCUT2D eigenvalue weighted by Gasteiger charge is 2.19. The van der Waals surface area contributed by atoms with Crippen molar-refractivity contribution in [3.8, 4) is 0 Å². The first kappa shape index (κ1) is 7.98. The summed E-state index contributed by atoms with van der Waals surface area (Å²) in [4.78, 5) is 2.11. The summed E-state index contributed by atoms with van der Waals surface area (Å²) in [5, 5.41) is 9.00. The van der Waals surface area contributed by atoms with Gasteiger partial charge in [0, 0.05) is 13.1 Å². The lowest BCUT2D eigenvalue weighted by Gasteiger charge is -2.14. The molecule has 0 spiro atoms. The zero-order valence-corrected chi connectivity index (χ0v) is 6.58. The van der Waals surface area contributed by atoms with Gasteiger partial charge in [0.15, 0.2) is 0 Å². The molecule has 3 heteroatoms. The van der Waals surface area contributed by atoms with E-state index in [0.717, 1.165) is 13.1 Å². The van der Waals surface area contributed by atoms with Gasteiger partial charge >= 0.3 is 0 Å². The van der Waals surface area contributed by atoms with Crippen LogP contribution in [-0.4, -0.2) is 42.0 Å². The SMILES string of the molecule is CC(O)CN1COC(C)C1. The molecular formula is C7H15NO2. The zero-order chi connectivity index (χ0) is 7.56. The van der Waals surface area contributed by atoms with E-state index in [0.29, 0.717) is 12.8 Å². The van der Waals surface area contributed by atoms with Crippen LogP contribution in [0.5, 0.6) is 0 Å². The Morgan fingerprint density at radius 3 is 2.90 bits per heavy atom. The molecule has 60 valence electrons. The first-order chi connectivity index (χ1) is 4.68. The van der Waals surface area contributed by atoms with Crippen molar-refractivity contribution < 1.29 is 9.84 Å². The van der Waals surface area contributed by atoms with Gasteiger partial charge in [-0.15, -0.1) is 0 Å². The van der Waals surface area contributed by atoms with E-state index in [2.05, 4.69) is 4.90 Å². The minimum absolute atomic E-state index is 0.242. The average Bonchev–Trinajstić information content (AvgIpc) is 2.13. The van der Waals surface area contributed by atoms with Gasteiger partial charge in [-0.25, -0.2) is 0 Å². The van der Waals surface area contributed by atoms with Crippen molar-refractivity contribution in [2.75, 3.05) is 19.8 Å². The molecule has 0 aliphatic carbocycles. The second-order valence-electron chi connectivity index (χ2n) is 2.99. The lowest BCUT2D eigenvalue weighted by molar-refractivity contribution is 0.0773. The first-order valence-corrected chi connectivity index (χ1v) is 3.70. The molecule has 1 saturated heterocycles. The van der Waals surface area contributed by atoms with E-state index in [4.69, 9.17) is 9.84 Å². The quantitative estimate of drug-likeness (QED) is 0.595. The fourth-order valence-corrected chi connectivity index (χ4v) is 1.20. The Kier molecular flexibility index (Phi) is 2.65. The zero-order valence-electron chi connectivity index (χ0n) is 6.58. The molecule has 0 radical (unpaired) electrons. The molecule has 0 aromatic carbocycles. The van der Waals surface area contributed by atoms with Gasteiger partial charge in [-0.05, 0) is 13.8 Å². The van der Waals surface area contributed by atoms with Gasteiger partial charge in [0.25, 0.3) is 0 Å². The maximum Gasteiger partial charge on any atom is 0.0996 e. The monoisotopic (exact) mass is 145 g/mol. The van der Waals surface area contributed by atoms with Gasteiger partial charge in [-0.2, -0.15) is 0 Å². The molecule has 1 aliphatic rings. The first-order valence-electron chi connectivity index (χ1n) is 3.70. The standard InChI is InChI=1S/C7H15NO2/c1-6(9)3-8-4-7(2)10-5-8/h6-7,9H,3-5H2,1-2H3. The van der Waals surface area contributed by atoms with Gasteiger partial charge in [-0.1, -0.05) is 0 Å². The van der Waals surface area contributed by atoms with Crippen molar-refractivity contribution in [1.82, 2.24) is 4.90 Å². The second-order valence-corrected chi connectivity index (χ2v) is 2.99. The van der Waals surface area contributed by atoms with Crippen molar-refractivity contribution in [2.45, 2.75) is 26.1 Å². The second kappa shape index (κ2) is 3.32. The molecule has 0 aromatic rings. The summed E-state index contributed by atoms with van der Waals surface area (Å²) in [5.41, 5.74) is 0. The number of β-amino-alcohol motifs (C(OH)–C–C–N with tert-alkyl or cyclic N) is 1. The van der Waals surface area contributed by atoms with Crippen LogP contribution in [-0.2, 0) is 4.74 Å². The molecule has 2 unspecified atom stereocenters. The van der Waals surface area contributed by atoms with E-state index < -0.39 is 0 Å². The summed E-state index contributed by atoms with van der Waals surface area (Å²) >= 11 is 0. The van der Waals surface area contributed by atoms with E-state index in [1.165, 1.54) is 0 Å². The van der Waals surface area contributed by atoms with Gasteiger partial charge in [-0.3, -0.25) is 4.90 Å². The molecule has 10 heavy (non-hydrogen) atoms. The molecule has 2 atom stereocenters. The van der Waals surface area contributed by atoms with Gasteiger partial charge < -0.3 is 9.84 Å². The van der Waals surface area contributed by atoms with E-state index in [-0.39, 0.29) is 6.10 Å². The third-order valence-electron chi connectivity index (χ3n) is 1.58. The fraction of sp³-hybridized carbons (Fsp3) is 1.00. The van der Waals surface area contributed by atoms with E-state index >= 15 is 0 Å². The number of hydrogen-bond donors (Lipinski definition) is 1. The highest BCUT2D eigenvalue weighted by Crippen LogP contribution is 2.06. The molecule has 1 aliphatic heterocycles. The van der Waals surface area contributed by atoms with Crippen LogP contribution in [0, 0.1) is 0 Å². The maximum atomic E-state index is 9.00. The van der Waals surface area contributed by atoms with Gasteiger partial charge in [0.1, 0.15) is 0 Å². The van der Waals surface area contributed by atoms with E-state index in [9.17, 15) is 0 Å². The van der Waals surface area contributed by atoms with E-state index in [1.807, 2.05) is 6.92 Å². The topological polar surface area (TPSA) is 32.7 Å². The van der Waals surface area contributed by atoms with Crippen LogP contribution in [0.2, 0.25) is 0 Å². The summed E-state index contributed by atoms with van der Waals surface area (Å²) < 4.78 is 5.28. The van der Waals surface area contributed by atoms with Crippen LogP contribution < -0.4 is 0 Å². The van der Waals surface area contributed by atoms with Crippen LogP contribution in [0.3, 0.4) is 0 Å². The molecule has 0 aromatic heterocycles. The third kappa shape index (κ3) is 2.25. The summed E-state index contributed by atoms with van der Waals surface area (Å²) in [6, 6.07) is 0. The van der Waals surface area contributed by atoms with Crippen LogP contribution in [0.15, 0.2) is 0 Å². The number of ether oxygens (including phenoxy) is 1. The molecule has 1 fully saturated rings. The number of aliphatic hydroxyl groups excluding tert-OH is 1. The predicted octanol–water partition coefficient (Wildman–Crippen LogP) is 0.0454. The molecule has 1 heterocycles. The van der Waals surface area contributed by atoms with Crippen LogP contribution >= 0.6 is 0 Å².